The SMILES string of the molecule is COC(=O)C[C@H]1C[C@@H](O[Si](C)(C)C(C)(C)C)[C@@H](C(=O)OC(C)(C)C)N1. The molecule has 1 N–H and O–H groups in total. The van der Waals surface area contributed by atoms with Gasteiger partial charge >= 0.3 is 11.9 Å². The summed E-state index contributed by atoms with van der Waals surface area (Å²) in [6, 6.07) is -0.720. The lowest BCUT2D eigenvalue weighted by Crippen LogP contribution is -2.50. The molecule has 1 rings (SSSR count). The number of methoxy groups -OCH3 is 1. The maximum absolute atomic E-state index is 12.6. The molecule has 0 spiro atoms. The van der Waals surface area contributed by atoms with Crippen molar-refractivity contribution < 1.29 is 23.5 Å². The van der Waals surface area contributed by atoms with Crippen molar-refractivity contribution in [2.45, 2.75) is 96.3 Å². The molecular formula is C18H35NO5Si. The number of carbonyl (C=O) groups excluding carboxylic acids is 2. The summed E-state index contributed by atoms with van der Waals surface area (Å²) in [5.74, 6) is -0.628. The average molecular weight is 374 g/mol. The van der Waals surface area contributed by atoms with Gasteiger partial charge in [-0.2, -0.15) is 0 Å². The molecule has 0 aliphatic carbocycles. The first-order valence-corrected chi connectivity index (χ1v) is 11.8. The highest BCUT2D eigenvalue weighted by Crippen LogP contribution is 2.39. The van der Waals surface area contributed by atoms with Crippen molar-refractivity contribution in [3.8, 4) is 0 Å². The molecule has 6 nitrogen and oxygen atoms in total. The van der Waals surface area contributed by atoms with Crippen molar-refractivity contribution in [2.24, 2.45) is 0 Å². The third-order valence-electron chi connectivity index (χ3n) is 4.86. The fourth-order valence-electron chi connectivity index (χ4n) is 2.53. The average Bonchev–Trinajstić information content (AvgIpc) is 2.77. The zero-order valence-corrected chi connectivity index (χ0v) is 18.2. The predicted octanol–water partition coefficient (Wildman–Crippen LogP) is 3.01. The molecule has 25 heavy (non-hydrogen) atoms. The normalized spacial score (nSPS) is 24.9. The molecule has 0 amide bonds. The van der Waals surface area contributed by atoms with E-state index in [-0.39, 0.29) is 35.5 Å². The number of rotatable bonds is 5. The van der Waals surface area contributed by atoms with Gasteiger partial charge in [0, 0.05) is 6.04 Å². The van der Waals surface area contributed by atoms with Gasteiger partial charge < -0.3 is 13.9 Å². The first kappa shape index (κ1) is 22.1. The zero-order valence-electron chi connectivity index (χ0n) is 17.2. The third kappa shape index (κ3) is 6.38. The van der Waals surface area contributed by atoms with Gasteiger partial charge in [0.05, 0.1) is 19.6 Å². The summed E-state index contributed by atoms with van der Waals surface area (Å²) in [7, 11) is -0.691. The van der Waals surface area contributed by atoms with Gasteiger partial charge in [-0.25, -0.2) is 0 Å². The van der Waals surface area contributed by atoms with Crippen LogP contribution in [0.1, 0.15) is 54.4 Å². The summed E-state index contributed by atoms with van der Waals surface area (Å²) in [5, 5.41) is 3.26. The van der Waals surface area contributed by atoms with E-state index in [2.05, 4.69) is 39.2 Å². The fraction of sp³-hybridized carbons (Fsp3) is 0.889. The van der Waals surface area contributed by atoms with E-state index in [4.69, 9.17) is 13.9 Å². The lowest BCUT2D eigenvalue weighted by atomic mass is 10.1. The minimum Gasteiger partial charge on any atom is -0.469 e. The largest absolute Gasteiger partial charge is 0.469 e. The Morgan fingerprint density at radius 1 is 1.12 bits per heavy atom. The van der Waals surface area contributed by atoms with E-state index in [1.54, 1.807) is 0 Å². The molecule has 1 fully saturated rings. The summed E-state index contributed by atoms with van der Waals surface area (Å²) in [5.41, 5.74) is -0.569. The third-order valence-corrected chi connectivity index (χ3v) is 9.36. The molecule has 1 aliphatic rings. The van der Waals surface area contributed by atoms with E-state index in [1.807, 2.05) is 20.8 Å². The van der Waals surface area contributed by atoms with Crippen molar-refractivity contribution in [3.63, 3.8) is 0 Å². The molecule has 0 aromatic heterocycles. The summed E-state index contributed by atoms with van der Waals surface area (Å²) in [6.45, 7) is 16.3. The molecule has 146 valence electrons. The highest BCUT2D eigenvalue weighted by atomic mass is 28.4. The predicted molar refractivity (Wildman–Crippen MR) is 99.9 cm³/mol. The molecule has 0 saturated carbocycles. The number of nitrogens with one attached hydrogen (secondary N) is 1. The lowest BCUT2D eigenvalue weighted by molar-refractivity contribution is -0.159. The summed E-state index contributed by atoms with van der Waals surface area (Å²) in [6.07, 6.45) is 0.504. The molecule has 3 atom stereocenters. The van der Waals surface area contributed by atoms with E-state index < -0.39 is 20.0 Å². The monoisotopic (exact) mass is 373 g/mol. The van der Waals surface area contributed by atoms with Crippen molar-refractivity contribution in [3.05, 3.63) is 0 Å². The van der Waals surface area contributed by atoms with Crippen LogP contribution in [0.15, 0.2) is 0 Å². The fourth-order valence-corrected chi connectivity index (χ4v) is 3.87. The Hall–Kier alpha value is -0.923. The van der Waals surface area contributed by atoms with Gasteiger partial charge in [0.25, 0.3) is 0 Å². The van der Waals surface area contributed by atoms with Crippen LogP contribution >= 0.6 is 0 Å². The molecule has 1 heterocycles. The van der Waals surface area contributed by atoms with E-state index >= 15 is 0 Å². The van der Waals surface area contributed by atoms with E-state index in [0.717, 1.165) is 0 Å². The van der Waals surface area contributed by atoms with Gasteiger partial charge in [0.1, 0.15) is 11.6 Å². The summed E-state index contributed by atoms with van der Waals surface area (Å²) >= 11 is 0. The van der Waals surface area contributed by atoms with Crippen LogP contribution in [0.3, 0.4) is 0 Å². The molecule has 7 heteroatoms. The highest BCUT2D eigenvalue weighted by molar-refractivity contribution is 6.74. The van der Waals surface area contributed by atoms with Crippen LogP contribution < -0.4 is 5.32 Å². The number of ether oxygens (including phenoxy) is 2. The van der Waals surface area contributed by atoms with Gasteiger partial charge in [-0.15, -0.1) is 0 Å². The minimum absolute atomic E-state index is 0.0336. The topological polar surface area (TPSA) is 73.9 Å². The Morgan fingerprint density at radius 2 is 1.68 bits per heavy atom. The Balaban J connectivity index is 2.95. The van der Waals surface area contributed by atoms with Crippen molar-refractivity contribution in [2.75, 3.05) is 7.11 Å². The number of carbonyl (C=O) groups is 2. The van der Waals surface area contributed by atoms with Crippen LogP contribution in [0.5, 0.6) is 0 Å². The Labute approximate surface area is 153 Å². The quantitative estimate of drug-likeness (QED) is 0.590. The van der Waals surface area contributed by atoms with Crippen LogP contribution in [-0.2, 0) is 23.5 Å². The van der Waals surface area contributed by atoms with Crippen LogP contribution in [0.25, 0.3) is 0 Å². The van der Waals surface area contributed by atoms with Crippen LogP contribution in [0, 0.1) is 0 Å². The maximum atomic E-state index is 12.6. The number of hydrogen-bond donors (Lipinski definition) is 1. The van der Waals surface area contributed by atoms with Gasteiger partial charge in [0.15, 0.2) is 8.32 Å². The smallest absolute Gasteiger partial charge is 0.326 e. The van der Waals surface area contributed by atoms with Crippen LogP contribution in [-0.4, -0.2) is 51.2 Å². The van der Waals surface area contributed by atoms with Crippen LogP contribution in [0.4, 0.5) is 0 Å². The number of esters is 2. The van der Waals surface area contributed by atoms with E-state index in [0.29, 0.717) is 6.42 Å². The summed E-state index contributed by atoms with van der Waals surface area (Å²) < 4.78 is 16.8. The molecule has 1 aliphatic heterocycles. The molecule has 0 radical (unpaired) electrons. The van der Waals surface area contributed by atoms with Gasteiger partial charge in [-0.05, 0) is 45.3 Å². The zero-order chi connectivity index (χ0) is 19.6. The van der Waals surface area contributed by atoms with Gasteiger partial charge in [-0.1, -0.05) is 20.8 Å². The van der Waals surface area contributed by atoms with E-state index in [9.17, 15) is 9.59 Å². The molecule has 0 aromatic carbocycles. The maximum Gasteiger partial charge on any atom is 0.326 e. The Kier molecular flexibility index (Phi) is 6.86. The molecule has 1 saturated heterocycles. The van der Waals surface area contributed by atoms with Crippen molar-refractivity contribution in [1.29, 1.82) is 0 Å². The van der Waals surface area contributed by atoms with Crippen molar-refractivity contribution in [1.82, 2.24) is 5.32 Å². The second-order valence-corrected chi connectivity index (χ2v) is 14.1. The lowest BCUT2D eigenvalue weighted by Gasteiger charge is -2.39. The number of hydrogen-bond acceptors (Lipinski definition) is 6. The Bertz CT molecular complexity index is 493. The first-order valence-electron chi connectivity index (χ1n) is 8.90. The molecule has 0 aromatic rings. The first-order chi connectivity index (χ1) is 11.2. The molecule has 0 unspecified atom stereocenters. The highest BCUT2D eigenvalue weighted by Gasteiger charge is 2.47. The second kappa shape index (κ2) is 7.76. The molecule has 0 bridgehead atoms. The molecular weight excluding hydrogens is 338 g/mol. The Morgan fingerprint density at radius 3 is 2.12 bits per heavy atom. The summed E-state index contributed by atoms with van der Waals surface area (Å²) in [4.78, 5) is 24.3. The minimum atomic E-state index is -2.06. The van der Waals surface area contributed by atoms with E-state index in [1.165, 1.54) is 7.11 Å². The van der Waals surface area contributed by atoms with Gasteiger partial charge in [-0.3, -0.25) is 14.9 Å². The second-order valence-electron chi connectivity index (χ2n) is 9.31. The van der Waals surface area contributed by atoms with Gasteiger partial charge in [0.2, 0.25) is 0 Å². The van der Waals surface area contributed by atoms with Crippen molar-refractivity contribution >= 4 is 20.3 Å². The van der Waals surface area contributed by atoms with Crippen LogP contribution in [0.2, 0.25) is 18.1 Å². The standard InChI is InChI=1S/C18H35NO5Si/c1-17(2,3)23-16(21)15-13(24-25(8,9)18(4,5)6)10-12(19-15)11-14(20)22-7/h12-13,15,19H,10-11H2,1-9H3/t12-,13-,15+/m1/s1.